The summed E-state index contributed by atoms with van der Waals surface area (Å²) >= 11 is 1.57. The van der Waals surface area contributed by atoms with Crippen LogP contribution in [0.25, 0.3) is 0 Å². The largest absolute Gasteiger partial charge is 0.479 e. The van der Waals surface area contributed by atoms with E-state index in [1.807, 2.05) is 23.8 Å². The fourth-order valence-corrected chi connectivity index (χ4v) is 2.62. The number of ether oxygens (including phenoxy) is 1. The highest BCUT2D eigenvalue weighted by atomic mass is 32.1. The van der Waals surface area contributed by atoms with Crippen molar-refractivity contribution in [3.05, 3.63) is 22.4 Å². The van der Waals surface area contributed by atoms with Gasteiger partial charge in [0.1, 0.15) is 0 Å². The third kappa shape index (κ3) is 3.45. The van der Waals surface area contributed by atoms with Gasteiger partial charge in [0, 0.05) is 6.54 Å². The van der Waals surface area contributed by atoms with Gasteiger partial charge in [-0.1, -0.05) is 0 Å². The minimum Gasteiger partial charge on any atom is -0.479 e. The highest BCUT2D eigenvalue weighted by Gasteiger charge is 2.29. The number of morpholine rings is 1. The van der Waals surface area contributed by atoms with Gasteiger partial charge in [-0.25, -0.2) is 9.59 Å². The number of aliphatic carboxylic acids is 1. The SMILES string of the molecule is CC(NC(=O)N1CCOC(C(=O)O)C1)c1ccsc1. The predicted octanol–water partition coefficient (Wildman–Crippen LogP) is 1.30. The molecule has 6 nitrogen and oxygen atoms in total. The molecular weight excluding hydrogens is 268 g/mol. The summed E-state index contributed by atoms with van der Waals surface area (Å²) in [6, 6.07) is 1.60. The van der Waals surface area contributed by atoms with Crippen molar-refractivity contribution in [1.82, 2.24) is 10.2 Å². The zero-order valence-electron chi connectivity index (χ0n) is 10.5. The van der Waals surface area contributed by atoms with E-state index in [4.69, 9.17) is 9.84 Å². The number of carbonyl (C=O) groups is 2. The lowest BCUT2D eigenvalue weighted by molar-refractivity contribution is -0.154. The molecule has 2 amide bonds. The molecule has 2 N–H and O–H groups in total. The van der Waals surface area contributed by atoms with Gasteiger partial charge in [0.2, 0.25) is 0 Å². The fourth-order valence-electron chi connectivity index (χ4n) is 1.86. The van der Waals surface area contributed by atoms with E-state index in [0.717, 1.165) is 5.56 Å². The Labute approximate surface area is 115 Å². The zero-order chi connectivity index (χ0) is 13.8. The van der Waals surface area contributed by atoms with Gasteiger partial charge in [-0.05, 0) is 29.3 Å². The van der Waals surface area contributed by atoms with Crippen LogP contribution in [0.4, 0.5) is 4.79 Å². The van der Waals surface area contributed by atoms with Crippen LogP contribution in [0.3, 0.4) is 0 Å². The van der Waals surface area contributed by atoms with Crippen LogP contribution in [0.15, 0.2) is 16.8 Å². The van der Waals surface area contributed by atoms with Crippen molar-refractivity contribution in [2.45, 2.75) is 19.1 Å². The van der Waals surface area contributed by atoms with Crippen LogP contribution in [0.5, 0.6) is 0 Å². The molecule has 1 aromatic heterocycles. The van der Waals surface area contributed by atoms with Crippen LogP contribution >= 0.6 is 11.3 Å². The minimum absolute atomic E-state index is 0.0809. The number of carboxylic acid groups (broad SMARTS) is 1. The molecule has 2 heterocycles. The van der Waals surface area contributed by atoms with Gasteiger partial charge in [0.15, 0.2) is 6.10 Å². The predicted molar refractivity (Wildman–Crippen MR) is 70.2 cm³/mol. The summed E-state index contributed by atoms with van der Waals surface area (Å²) in [6.07, 6.45) is -0.934. The molecule has 0 radical (unpaired) electrons. The molecule has 19 heavy (non-hydrogen) atoms. The average Bonchev–Trinajstić information content (AvgIpc) is 2.92. The summed E-state index contributed by atoms with van der Waals surface area (Å²) in [5, 5.41) is 15.7. The molecule has 1 aliphatic heterocycles. The molecule has 0 bridgehead atoms. The molecule has 2 unspecified atom stereocenters. The lowest BCUT2D eigenvalue weighted by Crippen LogP contribution is -2.52. The Morgan fingerprint density at radius 3 is 3.05 bits per heavy atom. The molecule has 0 spiro atoms. The van der Waals surface area contributed by atoms with Gasteiger partial charge >= 0.3 is 12.0 Å². The standard InChI is InChI=1S/C12H16N2O4S/c1-8(9-2-5-19-7-9)13-12(17)14-3-4-18-10(6-14)11(15)16/h2,5,7-8,10H,3-4,6H2,1H3,(H,13,17)(H,15,16). The second-order valence-corrected chi connectivity index (χ2v) is 5.15. The first kappa shape index (κ1) is 13.8. The van der Waals surface area contributed by atoms with Gasteiger partial charge in [0.25, 0.3) is 0 Å². The Balaban J connectivity index is 1.91. The molecule has 2 atom stereocenters. The highest BCUT2D eigenvalue weighted by Crippen LogP contribution is 2.16. The van der Waals surface area contributed by atoms with Crippen LogP contribution in [-0.2, 0) is 9.53 Å². The van der Waals surface area contributed by atoms with Crippen LogP contribution in [-0.4, -0.2) is 47.8 Å². The Hall–Kier alpha value is -1.60. The van der Waals surface area contributed by atoms with Crippen LogP contribution in [0.2, 0.25) is 0 Å². The number of hydrogen-bond acceptors (Lipinski definition) is 4. The number of thiophene rings is 1. The smallest absolute Gasteiger partial charge is 0.334 e. The number of carboxylic acids is 1. The van der Waals surface area contributed by atoms with E-state index in [1.54, 1.807) is 11.3 Å². The Morgan fingerprint density at radius 1 is 1.63 bits per heavy atom. The summed E-state index contributed by atoms with van der Waals surface area (Å²) < 4.78 is 5.08. The lowest BCUT2D eigenvalue weighted by Gasteiger charge is -2.31. The maximum atomic E-state index is 12.0. The van der Waals surface area contributed by atoms with E-state index in [2.05, 4.69) is 5.32 Å². The third-order valence-corrected chi connectivity index (χ3v) is 3.71. The van der Waals surface area contributed by atoms with Crippen molar-refractivity contribution in [2.24, 2.45) is 0 Å². The Bertz CT molecular complexity index is 449. The first-order chi connectivity index (χ1) is 9.08. The topological polar surface area (TPSA) is 78.9 Å². The quantitative estimate of drug-likeness (QED) is 0.877. The molecule has 0 aliphatic carbocycles. The normalized spacial score (nSPS) is 20.9. The van der Waals surface area contributed by atoms with Crippen molar-refractivity contribution >= 4 is 23.3 Å². The van der Waals surface area contributed by atoms with Crippen LogP contribution in [0.1, 0.15) is 18.5 Å². The van der Waals surface area contributed by atoms with E-state index < -0.39 is 12.1 Å². The fraction of sp³-hybridized carbons (Fsp3) is 0.500. The highest BCUT2D eigenvalue weighted by molar-refractivity contribution is 7.07. The van der Waals surface area contributed by atoms with E-state index in [0.29, 0.717) is 6.54 Å². The number of nitrogens with one attached hydrogen (secondary N) is 1. The molecule has 7 heteroatoms. The van der Waals surface area contributed by atoms with E-state index >= 15 is 0 Å². The van der Waals surface area contributed by atoms with Crippen molar-refractivity contribution in [1.29, 1.82) is 0 Å². The number of rotatable bonds is 3. The van der Waals surface area contributed by atoms with Gasteiger partial charge in [-0.3, -0.25) is 0 Å². The third-order valence-electron chi connectivity index (χ3n) is 3.01. The number of urea groups is 1. The average molecular weight is 284 g/mol. The first-order valence-corrected chi connectivity index (χ1v) is 6.94. The molecule has 0 aromatic carbocycles. The number of amides is 2. The van der Waals surface area contributed by atoms with Crippen molar-refractivity contribution < 1.29 is 19.4 Å². The second-order valence-electron chi connectivity index (χ2n) is 4.37. The summed E-state index contributed by atoms with van der Waals surface area (Å²) in [4.78, 5) is 24.4. The van der Waals surface area contributed by atoms with Gasteiger partial charge < -0.3 is 20.1 Å². The van der Waals surface area contributed by atoms with Crippen molar-refractivity contribution in [2.75, 3.05) is 19.7 Å². The van der Waals surface area contributed by atoms with E-state index in [-0.39, 0.29) is 25.2 Å². The maximum absolute atomic E-state index is 12.0. The van der Waals surface area contributed by atoms with E-state index in [9.17, 15) is 9.59 Å². The van der Waals surface area contributed by atoms with Gasteiger partial charge in [-0.15, -0.1) is 0 Å². The second kappa shape index (κ2) is 6.03. The molecular formula is C12H16N2O4S. The number of hydrogen-bond donors (Lipinski definition) is 2. The first-order valence-electron chi connectivity index (χ1n) is 6.00. The monoisotopic (exact) mass is 284 g/mol. The minimum atomic E-state index is -1.04. The van der Waals surface area contributed by atoms with Crippen molar-refractivity contribution in [3.8, 4) is 0 Å². The zero-order valence-corrected chi connectivity index (χ0v) is 11.4. The molecule has 2 rings (SSSR count). The van der Waals surface area contributed by atoms with Crippen LogP contribution < -0.4 is 5.32 Å². The Morgan fingerprint density at radius 2 is 2.42 bits per heavy atom. The molecule has 104 valence electrons. The maximum Gasteiger partial charge on any atom is 0.334 e. The summed E-state index contributed by atoms with van der Waals surface area (Å²) in [5.41, 5.74) is 1.04. The number of nitrogens with zero attached hydrogens (tertiary/aromatic N) is 1. The molecule has 1 fully saturated rings. The van der Waals surface area contributed by atoms with E-state index in [1.165, 1.54) is 4.90 Å². The summed E-state index contributed by atoms with van der Waals surface area (Å²) in [5.74, 6) is -1.04. The molecule has 1 saturated heterocycles. The lowest BCUT2D eigenvalue weighted by atomic mass is 10.2. The molecule has 0 saturated carbocycles. The summed E-state index contributed by atoms with van der Waals surface area (Å²) in [7, 11) is 0. The van der Waals surface area contributed by atoms with Crippen molar-refractivity contribution in [3.63, 3.8) is 0 Å². The molecule has 1 aliphatic rings. The summed E-state index contributed by atoms with van der Waals surface area (Å²) in [6.45, 7) is 2.63. The van der Waals surface area contributed by atoms with Gasteiger partial charge in [0.05, 0.1) is 19.2 Å². The van der Waals surface area contributed by atoms with Gasteiger partial charge in [-0.2, -0.15) is 11.3 Å². The molecule has 1 aromatic rings. The van der Waals surface area contributed by atoms with Crippen LogP contribution in [0, 0.1) is 0 Å². The Kier molecular flexibility index (Phi) is 4.39. The number of carbonyl (C=O) groups excluding carboxylic acids is 1.